The molecule has 0 atom stereocenters. The number of fused-ring (bicyclic) bond motifs is 3. The Bertz CT molecular complexity index is 1050. The Hall–Kier alpha value is -3.47. The number of pyridine rings is 1. The fourth-order valence-electron chi connectivity index (χ4n) is 3.06. The molecule has 0 fully saturated rings. The first kappa shape index (κ1) is 14.1. The Morgan fingerprint density at radius 1 is 0.958 bits per heavy atom. The number of carbonyl (C=O) groups is 1. The predicted octanol–water partition coefficient (Wildman–Crippen LogP) is 4.41. The number of benzene rings is 2. The average molecular weight is 316 g/mol. The molecule has 116 valence electrons. The Morgan fingerprint density at radius 3 is 2.50 bits per heavy atom. The van der Waals surface area contributed by atoms with Gasteiger partial charge in [0.1, 0.15) is 0 Å². The summed E-state index contributed by atoms with van der Waals surface area (Å²) in [7, 11) is 0. The largest absolute Gasteiger partial charge is 0.361 e. The van der Waals surface area contributed by atoms with Gasteiger partial charge in [-0.25, -0.2) is 0 Å². The Kier molecular flexibility index (Phi) is 3.13. The zero-order valence-corrected chi connectivity index (χ0v) is 12.5. The van der Waals surface area contributed by atoms with E-state index in [1.807, 2.05) is 18.2 Å². The number of aromatic amines is 1. The van der Waals surface area contributed by atoms with Crippen LogP contribution >= 0.6 is 0 Å². The standard InChI is InChI=1S/C19H12N2O3/c22-19(12-5-2-1-3-6-12)17-16-11-13(21(23)24)8-9-14(16)15-7-4-10-20-18(15)17/h1-11,20H. The number of ketones is 1. The normalized spacial score (nSPS) is 11.0. The number of nitrogens with zero attached hydrogens (tertiary/aromatic N) is 1. The van der Waals surface area contributed by atoms with Crippen LogP contribution in [0, 0.1) is 10.1 Å². The molecular formula is C19H12N2O3. The number of non-ortho nitro benzene ring substituents is 1. The van der Waals surface area contributed by atoms with E-state index in [1.54, 1.807) is 36.5 Å². The van der Waals surface area contributed by atoms with Crippen molar-refractivity contribution in [3.05, 3.63) is 88.1 Å². The Labute approximate surface area is 137 Å². The fourth-order valence-corrected chi connectivity index (χ4v) is 3.06. The topological polar surface area (TPSA) is 76.0 Å². The second-order valence-electron chi connectivity index (χ2n) is 5.52. The van der Waals surface area contributed by atoms with Crippen LogP contribution in [0.3, 0.4) is 0 Å². The third-order valence-corrected chi connectivity index (χ3v) is 4.14. The number of H-pyrrole nitrogens is 1. The molecule has 1 heterocycles. The average Bonchev–Trinajstić information content (AvgIpc) is 2.95. The zero-order valence-electron chi connectivity index (χ0n) is 12.5. The summed E-state index contributed by atoms with van der Waals surface area (Å²) in [6, 6.07) is 17.3. The molecule has 1 aliphatic heterocycles. The van der Waals surface area contributed by atoms with Gasteiger partial charge >= 0.3 is 0 Å². The molecule has 1 N–H and O–H groups in total. The van der Waals surface area contributed by atoms with Crippen molar-refractivity contribution in [3.63, 3.8) is 0 Å². The second kappa shape index (κ2) is 5.31. The van der Waals surface area contributed by atoms with Gasteiger partial charge in [0.15, 0.2) is 5.78 Å². The van der Waals surface area contributed by atoms with Gasteiger partial charge in [-0.1, -0.05) is 36.4 Å². The maximum atomic E-state index is 13.0. The molecular weight excluding hydrogens is 304 g/mol. The minimum absolute atomic E-state index is 0.0279. The molecule has 0 unspecified atom stereocenters. The summed E-state index contributed by atoms with van der Waals surface area (Å²) in [5.41, 5.74) is 2.56. The zero-order chi connectivity index (χ0) is 16.7. The van der Waals surface area contributed by atoms with E-state index in [0.717, 1.165) is 10.9 Å². The Balaban J connectivity index is 2.06. The summed E-state index contributed by atoms with van der Waals surface area (Å²) < 4.78 is 0. The van der Waals surface area contributed by atoms with Gasteiger partial charge in [0.05, 0.1) is 16.2 Å². The summed E-state index contributed by atoms with van der Waals surface area (Å²) in [5.74, 6) is -0.154. The van der Waals surface area contributed by atoms with E-state index in [-0.39, 0.29) is 11.5 Å². The molecule has 1 aliphatic carbocycles. The van der Waals surface area contributed by atoms with Gasteiger partial charge in [0.2, 0.25) is 0 Å². The molecule has 0 bridgehead atoms. The monoisotopic (exact) mass is 316 g/mol. The highest BCUT2D eigenvalue weighted by atomic mass is 16.6. The number of nitro benzene ring substituents is 1. The molecule has 2 aromatic carbocycles. The molecule has 0 spiro atoms. The maximum Gasteiger partial charge on any atom is 0.270 e. The van der Waals surface area contributed by atoms with Crippen LogP contribution < -0.4 is 0 Å². The van der Waals surface area contributed by atoms with Gasteiger partial charge in [-0.15, -0.1) is 0 Å². The fraction of sp³-hybridized carbons (Fsp3) is 0. The lowest BCUT2D eigenvalue weighted by Gasteiger charge is -2.04. The van der Waals surface area contributed by atoms with Gasteiger partial charge in [0.25, 0.3) is 5.69 Å². The molecule has 5 heteroatoms. The van der Waals surface area contributed by atoms with E-state index >= 15 is 0 Å². The van der Waals surface area contributed by atoms with Crippen molar-refractivity contribution < 1.29 is 9.72 Å². The number of rotatable bonds is 3. The third kappa shape index (κ3) is 2.06. The van der Waals surface area contributed by atoms with Crippen molar-refractivity contribution in [2.75, 3.05) is 0 Å². The molecule has 0 amide bonds. The minimum atomic E-state index is -0.447. The first-order chi connectivity index (χ1) is 11.7. The quantitative estimate of drug-likeness (QED) is 0.345. The van der Waals surface area contributed by atoms with E-state index in [1.165, 1.54) is 12.1 Å². The first-order valence-corrected chi connectivity index (χ1v) is 7.44. The highest BCUT2D eigenvalue weighted by Crippen LogP contribution is 2.40. The van der Waals surface area contributed by atoms with Gasteiger partial charge < -0.3 is 4.98 Å². The van der Waals surface area contributed by atoms with E-state index in [0.29, 0.717) is 22.2 Å². The lowest BCUT2D eigenvalue weighted by Crippen LogP contribution is -2.02. The molecule has 2 aliphatic rings. The molecule has 0 aromatic heterocycles. The lowest BCUT2D eigenvalue weighted by molar-refractivity contribution is -0.384. The predicted molar refractivity (Wildman–Crippen MR) is 91.4 cm³/mol. The van der Waals surface area contributed by atoms with Crippen LogP contribution in [0.1, 0.15) is 15.9 Å². The molecule has 5 nitrogen and oxygen atoms in total. The highest BCUT2D eigenvalue weighted by molar-refractivity contribution is 6.24. The van der Waals surface area contributed by atoms with E-state index in [2.05, 4.69) is 4.98 Å². The van der Waals surface area contributed by atoms with Crippen LogP contribution in [0.15, 0.2) is 66.9 Å². The van der Waals surface area contributed by atoms with Gasteiger partial charge in [-0.3, -0.25) is 14.9 Å². The van der Waals surface area contributed by atoms with Crippen LogP contribution in [-0.2, 0) is 0 Å². The Morgan fingerprint density at radius 2 is 1.75 bits per heavy atom. The molecule has 24 heavy (non-hydrogen) atoms. The van der Waals surface area contributed by atoms with Crippen LogP contribution in [-0.4, -0.2) is 15.7 Å². The third-order valence-electron chi connectivity index (χ3n) is 4.14. The first-order valence-electron chi connectivity index (χ1n) is 7.44. The van der Waals surface area contributed by atoms with Crippen molar-refractivity contribution in [2.45, 2.75) is 0 Å². The van der Waals surface area contributed by atoms with Crippen molar-refractivity contribution in [2.24, 2.45) is 0 Å². The molecule has 0 saturated carbocycles. The molecule has 4 rings (SSSR count). The van der Waals surface area contributed by atoms with Crippen molar-refractivity contribution in [1.82, 2.24) is 4.98 Å². The number of aromatic nitrogens is 1. The van der Waals surface area contributed by atoms with Gasteiger partial charge in [-0.05, 0) is 17.5 Å². The van der Waals surface area contributed by atoms with E-state index < -0.39 is 4.92 Å². The van der Waals surface area contributed by atoms with Crippen molar-refractivity contribution in [3.8, 4) is 11.3 Å². The summed E-state index contributed by atoms with van der Waals surface area (Å²) in [5, 5.41) is 12.5. The van der Waals surface area contributed by atoms with Crippen LogP contribution in [0.25, 0.3) is 22.0 Å². The number of nitrogens with one attached hydrogen (secondary N) is 1. The summed E-state index contributed by atoms with van der Waals surface area (Å²) in [6.07, 6.45) is 1.75. The van der Waals surface area contributed by atoms with Crippen molar-refractivity contribution in [1.29, 1.82) is 0 Å². The van der Waals surface area contributed by atoms with Crippen LogP contribution in [0.5, 0.6) is 0 Å². The van der Waals surface area contributed by atoms with E-state index in [9.17, 15) is 14.9 Å². The van der Waals surface area contributed by atoms with Gasteiger partial charge in [-0.2, -0.15) is 0 Å². The summed E-state index contributed by atoms with van der Waals surface area (Å²) in [6.45, 7) is 0. The minimum Gasteiger partial charge on any atom is -0.361 e. The summed E-state index contributed by atoms with van der Waals surface area (Å²) >= 11 is 0. The number of hydrogen-bond acceptors (Lipinski definition) is 3. The number of hydrogen-bond donors (Lipinski definition) is 1. The molecule has 0 saturated heterocycles. The number of nitro groups is 1. The lowest BCUT2D eigenvalue weighted by atomic mass is 10.0. The van der Waals surface area contributed by atoms with Crippen LogP contribution in [0.2, 0.25) is 0 Å². The van der Waals surface area contributed by atoms with Gasteiger partial charge in [0, 0.05) is 34.8 Å². The highest BCUT2D eigenvalue weighted by Gasteiger charge is 2.25. The smallest absolute Gasteiger partial charge is 0.270 e. The van der Waals surface area contributed by atoms with Crippen LogP contribution in [0.4, 0.5) is 5.69 Å². The maximum absolute atomic E-state index is 13.0. The molecule has 2 aromatic rings. The summed E-state index contributed by atoms with van der Waals surface area (Å²) in [4.78, 5) is 26.8. The number of carbonyl (C=O) groups excluding carboxylic acids is 1. The molecule has 0 radical (unpaired) electrons. The second-order valence-corrected chi connectivity index (χ2v) is 5.52. The SMILES string of the molecule is O=C(c1ccccc1)c1c2[nH]cccc-2c2ccc([N+](=O)[O-])cc12. The van der Waals surface area contributed by atoms with E-state index in [4.69, 9.17) is 0 Å². The van der Waals surface area contributed by atoms with Crippen molar-refractivity contribution >= 4 is 22.2 Å².